The van der Waals surface area contributed by atoms with Crippen molar-refractivity contribution >= 4 is 22.2 Å². The molecule has 0 aliphatic rings. The highest BCUT2D eigenvalue weighted by atomic mass is 35.5. The Morgan fingerprint density at radius 3 is 2.19 bits per heavy atom. The Kier molecular flexibility index (Phi) is 5.96. The zero-order chi connectivity index (χ0) is 11.5. The summed E-state index contributed by atoms with van der Waals surface area (Å²) in [7, 11) is -3.58. The summed E-state index contributed by atoms with van der Waals surface area (Å²) in [6.07, 6.45) is 0.717. The summed E-state index contributed by atoms with van der Waals surface area (Å²) in [6.45, 7) is 1.77. The van der Waals surface area contributed by atoms with Crippen molar-refractivity contribution in [3.8, 4) is 0 Å². The molecule has 1 atom stereocenters. The van der Waals surface area contributed by atoms with Crippen LogP contribution in [0.1, 0.15) is 12.5 Å². The van der Waals surface area contributed by atoms with Gasteiger partial charge in [-0.2, -0.15) is 0 Å². The fourth-order valence-electron chi connectivity index (χ4n) is 1.21. The fraction of sp³-hybridized carbons (Fsp3) is 0.400. The van der Waals surface area contributed by atoms with Gasteiger partial charge in [0.05, 0.1) is 4.90 Å². The molecule has 0 aromatic heterocycles. The van der Waals surface area contributed by atoms with Gasteiger partial charge in [-0.05, 0) is 37.6 Å². The lowest BCUT2D eigenvalue weighted by molar-refractivity contribution is 0.268. The molecule has 16 heavy (non-hydrogen) atoms. The van der Waals surface area contributed by atoms with E-state index in [4.69, 9.17) is 10.8 Å². The summed E-state index contributed by atoms with van der Waals surface area (Å²) in [5.41, 5.74) is 4.99. The number of nitrogens with two attached hydrogens (primary N) is 1. The third kappa shape index (κ3) is 3.45. The van der Waals surface area contributed by atoms with E-state index in [9.17, 15) is 8.42 Å². The Morgan fingerprint density at radius 1 is 1.31 bits per heavy atom. The minimum absolute atomic E-state index is 0. The maximum absolute atomic E-state index is 11.5. The monoisotopic (exact) mass is 265 g/mol. The van der Waals surface area contributed by atoms with Gasteiger partial charge in [-0.3, -0.25) is 0 Å². The minimum atomic E-state index is -3.58. The van der Waals surface area contributed by atoms with Gasteiger partial charge in [-0.25, -0.2) is 8.42 Å². The van der Waals surface area contributed by atoms with E-state index >= 15 is 0 Å². The number of hydrogen-bond donors (Lipinski definition) is 2. The summed E-state index contributed by atoms with van der Waals surface area (Å²) in [5.74, 6) is 0. The zero-order valence-corrected chi connectivity index (χ0v) is 10.6. The van der Waals surface area contributed by atoms with Crippen LogP contribution in [0, 0.1) is 0 Å². The van der Waals surface area contributed by atoms with Crippen LogP contribution in [-0.4, -0.2) is 25.5 Å². The first-order chi connectivity index (χ1) is 6.98. The molecule has 1 aromatic rings. The average molecular weight is 266 g/mol. The molecule has 0 fully saturated rings. The summed E-state index contributed by atoms with van der Waals surface area (Å²) in [6, 6.07) is 6.41. The van der Waals surface area contributed by atoms with E-state index < -0.39 is 15.3 Å². The van der Waals surface area contributed by atoms with Crippen LogP contribution in [-0.2, 0) is 16.3 Å². The number of halogens is 1. The van der Waals surface area contributed by atoms with Crippen LogP contribution in [0.2, 0.25) is 0 Å². The Hall–Kier alpha value is -0.620. The van der Waals surface area contributed by atoms with Gasteiger partial charge in [-0.15, -0.1) is 12.4 Å². The van der Waals surface area contributed by atoms with Crippen molar-refractivity contribution in [1.29, 1.82) is 0 Å². The van der Waals surface area contributed by atoms with Crippen LogP contribution in [0.3, 0.4) is 0 Å². The van der Waals surface area contributed by atoms with Crippen molar-refractivity contribution < 1.29 is 13.5 Å². The SMILES string of the molecule is CC(O)S(=O)(=O)c1ccc(CCN)cc1.Cl. The van der Waals surface area contributed by atoms with E-state index in [-0.39, 0.29) is 17.3 Å². The third-order valence-electron chi connectivity index (χ3n) is 2.13. The van der Waals surface area contributed by atoms with Crippen LogP contribution in [0.4, 0.5) is 0 Å². The summed E-state index contributed by atoms with van der Waals surface area (Å²) >= 11 is 0. The molecule has 0 heterocycles. The quantitative estimate of drug-likeness (QED) is 0.841. The Labute approximate surface area is 102 Å². The molecule has 0 spiro atoms. The second-order valence-electron chi connectivity index (χ2n) is 3.33. The fourth-order valence-corrected chi connectivity index (χ4v) is 2.12. The molecule has 92 valence electrons. The van der Waals surface area contributed by atoms with Crippen LogP contribution in [0.15, 0.2) is 29.2 Å². The largest absolute Gasteiger partial charge is 0.377 e. The predicted molar refractivity (Wildman–Crippen MR) is 65.3 cm³/mol. The van der Waals surface area contributed by atoms with E-state index in [0.717, 1.165) is 12.0 Å². The molecule has 1 unspecified atom stereocenters. The number of aliphatic hydroxyl groups excluding tert-OH is 1. The van der Waals surface area contributed by atoms with Gasteiger partial charge in [0.2, 0.25) is 9.84 Å². The topological polar surface area (TPSA) is 80.4 Å². The van der Waals surface area contributed by atoms with E-state index in [1.807, 2.05) is 0 Å². The van der Waals surface area contributed by atoms with Crippen LogP contribution >= 0.6 is 12.4 Å². The lowest BCUT2D eigenvalue weighted by atomic mass is 10.2. The van der Waals surface area contributed by atoms with Crippen molar-refractivity contribution in [2.24, 2.45) is 5.73 Å². The molecule has 1 aromatic carbocycles. The lowest BCUT2D eigenvalue weighted by Crippen LogP contribution is -2.16. The van der Waals surface area contributed by atoms with Gasteiger partial charge in [0, 0.05) is 0 Å². The highest BCUT2D eigenvalue weighted by Crippen LogP contribution is 2.15. The van der Waals surface area contributed by atoms with Crippen molar-refractivity contribution in [2.75, 3.05) is 6.54 Å². The van der Waals surface area contributed by atoms with Gasteiger partial charge in [0.15, 0.2) is 5.44 Å². The van der Waals surface area contributed by atoms with E-state index in [2.05, 4.69) is 0 Å². The Morgan fingerprint density at radius 2 is 1.81 bits per heavy atom. The molecule has 0 radical (unpaired) electrons. The van der Waals surface area contributed by atoms with Crippen molar-refractivity contribution in [3.05, 3.63) is 29.8 Å². The van der Waals surface area contributed by atoms with E-state index in [0.29, 0.717) is 6.54 Å². The maximum atomic E-state index is 11.5. The minimum Gasteiger partial charge on any atom is -0.377 e. The Bertz CT molecular complexity index is 414. The second-order valence-corrected chi connectivity index (χ2v) is 5.57. The first-order valence-electron chi connectivity index (χ1n) is 4.69. The maximum Gasteiger partial charge on any atom is 0.204 e. The van der Waals surface area contributed by atoms with Crippen LogP contribution < -0.4 is 5.73 Å². The standard InChI is InChI=1S/C10H15NO3S.ClH/c1-8(12)15(13,14)10-4-2-9(3-5-10)6-7-11;/h2-5,8,12H,6-7,11H2,1H3;1H. The number of benzene rings is 1. The van der Waals surface area contributed by atoms with Crippen LogP contribution in [0.25, 0.3) is 0 Å². The van der Waals surface area contributed by atoms with Gasteiger partial charge >= 0.3 is 0 Å². The summed E-state index contributed by atoms with van der Waals surface area (Å²) in [4.78, 5) is 0.137. The first-order valence-corrected chi connectivity index (χ1v) is 6.24. The number of aliphatic hydroxyl groups is 1. The predicted octanol–water partition coefficient (Wildman–Crippen LogP) is 0.722. The molecule has 3 N–H and O–H groups in total. The molecule has 1 rings (SSSR count). The highest BCUT2D eigenvalue weighted by molar-refractivity contribution is 7.91. The molecule has 0 saturated carbocycles. The number of rotatable bonds is 4. The van der Waals surface area contributed by atoms with Gasteiger partial charge in [0.25, 0.3) is 0 Å². The Balaban J connectivity index is 0.00000225. The summed E-state index contributed by atoms with van der Waals surface area (Å²) in [5, 5.41) is 9.10. The highest BCUT2D eigenvalue weighted by Gasteiger charge is 2.20. The van der Waals surface area contributed by atoms with Crippen molar-refractivity contribution in [3.63, 3.8) is 0 Å². The van der Waals surface area contributed by atoms with Crippen molar-refractivity contribution in [1.82, 2.24) is 0 Å². The second kappa shape index (κ2) is 6.20. The molecule has 0 aliphatic heterocycles. The van der Waals surface area contributed by atoms with Gasteiger partial charge in [0.1, 0.15) is 0 Å². The molecule has 6 heteroatoms. The molecule has 4 nitrogen and oxygen atoms in total. The van der Waals surface area contributed by atoms with Crippen molar-refractivity contribution in [2.45, 2.75) is 23.7 Å². The van der Waals surface area contributed by atoms with Gasteiger partial charge < -0.3 is 10.8 Å². The van der Waals surface area contributed by atoms with E-state index in [1.165, 1.54) is 19.1 Å². The van der Waals surface area contributed by atoms with E-state index in [1.54, 1.807) is 12.1 Å². The van der Waals surface area contributed by atoms with Gasteiger partial charge in [-0.1, -0.05) is 12.1 Å². The van der Waals surface area contributed by atoms with Crippen LogP contribution in [0.5, 0.6) is 0 Å². The number of sulfone groups is 1. The summed E-state index contributed by atoms with van der Waals surface area (Å²) < 4.78 is 23.1. The molecule has 0 bridgehead atoms. The zero-order valence-electron chi connectivity index (χ0n) is 8.96. The molecular weight excluding hydrogens is 250 g/mol. The first kappa shape index (κ1) is 15.4. The molecular formula is C10H16ClNO3S. The molecule has 0 aliphatic carbocycles. The lowest BCUT2D eigenvalue weighted by Gasteiger charge is -2.07. The number of hydrogen-bond acceptors (Lipinski definition) is 4. The smallest absolute Gasteiger partial charge is 0.204 e. The third-order valence-corrected chi connectivity index (χ3v) is 3.96. The average Bonchev–Trinajstić information content (AvgIpc) is 2.19. The molecule has 0 saturated heterocycles. The molecule has 0 amide bonds. The normalized spacial score (nSPS) is 12.9.